The number of rotatable bonds is 4. The van der Waals surface area contributed by atoms with E-state index in [9.17, 15) is 13.2 Å². The molecule has 0 spiro atoms. The molecule has 0 unspecified atom stereocenters. The second-order valence-electron chi connectivity index (χ2n) is 6.05. The highest BCUT2D eigenvalue weighted by atomic mass is 19.4. The maximum atomic E-state index is 12.9. The van der Waals surface area contributed by atoms with Gasteiger partial charge in [-0.3, -0.25) is 4.99 Å². The molecule has 0 bridgehead atoms. The number of guanidine groups is 1. The monoisotopic (exact) mass is 333 g/mol. The quantitative estimate of drug-likeness (QED) is 0.652. The van der Waals surface area contributed by atoms with Gasteiger partial charge in [-0.05, 0) is 36.6 Å². The van der Waals surface area contributed by atoms with Crippen LogP contribution in [0.15, 0.2) is 59.6 Å². The number of halogens is 3. The van der Waals surface area contributed by atoms with Crippen LogP contribution in [0.3, 0.4) is 0 Å². The summed E-state index contributed by atoms with van der Waals surface area (Å²) in [7, 11) is 0. The van der Waals surface area contributed by atoms with Gasteiger partial charge in [-0.2, -0.15) is 13.2 Å². The Kier molecular flexibility index (Phi) is 4.22. The Morgan fingerprint density at radius 1 is 1.08 bits per heavy atom. The van der Waals surface area contributed by atoms with Crippen LogP contribution in [0.5, 0.6) is 0 Å². The fraction of sp³-hybridized carbons (Fsp3) is 0.278. The second-order valence-corrected chi connectivity index (χ2v) is 6.05. The van der Waals surface area contributed by atoms with Crippen molar-refractivity contribution in [2.24, 2.45) is 10.7 Å². The predicted octanol–water partition coefficient (Wildman–Crippen LogP) is 4.16. The molecule has 126 valence electrons. The zero-order chi connectivity index (χ0) is 17.2. The number of hydrogen-bond donors (Lipinski definition) is 2. The minimum atomic E-state index is -4.33. The molecular formula is C18H18F3N3. The molecule has 0 saturated heterocycles. The number of nitrogens with zero attached hydrogens (tertiary/aromatic N) is 1. The molecule has 0 atom stereocenters. The van der Waals surface area contributed by atoms with Crippen LogP contribution in [0.2, 0.25) is 0 Å². The first-order valence-corrected chi connectivity index (χ1v) is 7.69. The first-order valence-electron chi connectivity index (χ1n) is 7.69. The molecule has 0 amide bonds. The molecule has 0 heterocycles. The van der Waals surface area contributed by atoms with Gasteiger partial charge in [0.15, 0.2) is 5.96 Å². The fourth-order valence-electron chi connectivity index (χ4n) is 2.66. The van der Waals surface area contributed by atoms with E-state index in [2.05, 4.69) is 10.3 Å². The minimum absolute atomic E-state index is 0.263. The van der Waals surface area contributed by atoms with Gasteiger partial charge >= 0.3 is 6.18 Å². The third-order valence-corrected chi connectivity index (χ3v) is 4.25. The number of aliphatic imine (C=N–C) groups is 1. The van der Waals surface area contributed by atoms with Crippen LogP contribution in [0.4, 0.5) is 18.9 Å². The number of nitrogens with one attached hydrogen (secondary N) is 1. The van der Waals surface area contributed by atoms with E-state index in [4.69, 9.17) is 5.73 Å². The van der Waals surface area contributed by atoms with E-state index >= 15 is 0 Å². The van der Waals surface area contributed by atoms with Crippen molar-refractivity contribution in [2.45, 2.75) is 24.4 Å². The molecule has 1 saturated carbocycles. The summed E-state index contributed by atoms with van der Waals surface area (Å²) in [5.74, 6) is 0.263. The van der Waals surface area contributed by atoms with Crippen LogP contribution in [-0.2, 0) is 11.6 Å². The average Bonchev–Trinajstić information content (AvgIpc) is 3.35. The minimum Gasteiger partial charge on any atom is -0.370 e. The lowest BCUT2D eigenvalue weighted by Crippen LogP contribution is -2.25. The zero-order valence-corrected chi connectivity index (χ0v) is 13.0. The Balaban J connectivity index is 1.72. The molecule has 2 aromatic carbocycles. The maximum Gasteiger partial charge on any atom is 0.416 e. The van der Waals surface area contributed by atoms with E-state index in [0.29, 0.717) is 12.1 Å². The molecule has 1 aliphatic carbocycles. The van der Waals surface area contributed by atoms with Crippen LogP contribution < -0.4 is 11.1 Å². The summed E-state index contributed by atoms with van der Waals surface area (Å²) in [6.45, 7) is 0.375. The Bertz CT molecular complexity index is 735. The van der Waals surface area contributed by atoms with Crippen molar-refractivity contribution in [2.75, 3.05) is 11.9 Å². The molecule has 1 fully saturated rings. The zero-order valence-electron chi connectivity index (χ0n) is 13.0. The number of hydrogen-bond acceptors (Lipinski definition) is 1. The third-order valence-electron chi connectivity index (χ3n) is 4.25. The van der Waals surface area contributed by atoms with Crippen LogP contribution in [-0.4, -0.2) is 12.5 Å². The predicted molar refractivity (Wildman–Crippen MR) is 88.9 cm³/mol. The molecule has 24 heavy (non-hydrogen) atoms. The van der Waals surface area contributed by atoms with Gasteiger partial charge in [0.2, 0.25) is 0 Å². The summed E-state index contributed by atoms with van der Waals surface area (Å²) >= 11 is 0. The van der Waals surface area contributed by atoms with Crippen molar-refractivity contribution in [3.05, 3.63) is 65.7 Å². The van der Waals surface area contributed by atoms with Crippen molar-refractivity contribution in [1.29, 1.82) is 0 Å². The standard InChI is InChI=1S/C18H18F3N3/c19-18(20,21)14-6-4-5-13(11-14)17(9-10-17)12-23-16(22)24-15-7-2-1-3-8-15/h1-8,11H,9-10,12H2,(H3,22,23,24). The Hall–Kier alpha value is -2.50. The average molecular weight is 333 g/mol. The van der Waals surface area contributed by atoms with Crippen molar-refractivity contribution in [1.82, 2.24) is 0 Å². The molecule has 3 rings (SSSR count). The van der Waals surface area contributed by atoms with Crippen LogP contribution in [0.25, 0.3) is 0 Å². The molecular weight excluding hydrogens is 315 g/mol. The van der Waals surface area contributed by atoms with E-state index in [1.165, 1.54) is 12.1 Å². The highest BCUT2D eigenvalue weighted by Crippen LogP contribution is 2.49. The summed E-state index contributed by atoms with van der Waals surface area (Å²) < 4.78 is 38.6. The van der Waals surface area contributed by atoms with Gasteiger partial charge in [0, 0.05) is 11.1 Å². The lowest BCUT2D eigenvalue weighted by Gasteiger charge is -2.16. The molecule has 6 heteroatoms. The highest BCUT2D eigenvalue weighted by molar-refractivity contribution is 5.92. The summed E-state index contributed by atoms with van der Waals surface area (Å²) in [5.41, 5.74) is 6.42. The number of para-hydroxylation sites is 1. The summed E-state index contributed by atoms with van der Waals surface area (Å²) in [4.78, 5) is 4.32. The molecule has 0 aromatic heterocycles. The van der Waals surface area contributed by atoms with E-state index in [1.54, 1.807) is 6.07 Å². The Morgan fingerprint density at radius 2 is 1.79 bits per heavy atom. The number of benzene rings is 2. The van der Waals surface area contributed by atoms with Crippen LogP contribution in [0.1, 0.15) is 24.0 Å². The van der Waals surface area contributed by atoms with Gasteiger partial charge in [0.1, 0.15) is 0 Å². The molecule has 0 aliphatic heterocycles. The lowest BCUT2D eigenvalue weighted by atomic mass is 9.94. The summed E-state index contributed by atoms with van der Waals surface area (Å²) in [5, 5.41) is 2.98. The smallest absolute Gasteiger partial charge is 0.370 e. The third kappa shape index (κ3) is 3.69. The van der Waals surface area contributed by atoms with Gasteiger partial charge in [0.25, 0.3) is 0 Å². The number of alkyl halides is 3. The molecule has 3 nitrogen and oxygen atoms in total. The van der Waals surface area contributed by atoms with E-state index in [1.807, 2.05) is 30.3 Å². The number of anilines is 1. The lowest BCUT2D eigenvalue weighted by molar-refractivity contribution is -0.137. The Morgan fingerprint density at radius 3 is 2.42 bits per heavy atom. The SMILES string of the molecule is NC(=NCC1(c2cccc(C(F)(F)F)c2)CC1)Nc1ccccc1. The Labute approximate surface area is 138 Å². The van der Waals surface area contributed by atoms with Crippen molar-refractivity contribution >= 4 is 11.6 Å². The fourth-order valence-corrected chi connectivity index (χ4v) is 2.66. The van der Waals surface area contributed by atoms with Gasteiger partial charge in [-0.1, -0.05) is 36.4 Å². The molecule has 1 aliphatic rings. The van der Waals surface area contributed by atoms with Gasteiger partial charge in [-0.25, -0.2) is 0 Å². The summed E-state index contributed by atoms with van der Waals surface area (Å²) in [6, 6.07) is 14.9. The van der Waals surface area contributed by atoms with Gasteiger partial charge < -0.3 is 11.1 Å². The molecule has 2 aromatic rings. The van der Waals surface area contributed by atoms with Crippen molar-refractivity contribution in [3.63, 3.8) is 0 Å². The van der Waals surface area contributed by atoms with Gasteiger partial charge in [-0.15, -0.1) is 0 Å². The normalized spacial score (nSPS) is 16.7. The first kappa shape index (κ1) is 16.4. The van der Waals surface area contributed by atoms with Gasteiger partial charge in [0.05, 0.1) is 12.1 Å². The van der Waals surface area contributed by atoms with E-state index in [-0.39, 0.29) is 11.4 Å². The van der Waals surface area contributed by atoms with E-state index in [0.717, 1.165) is 24.6 Å². The molecule has 0 radical (unpaired) electrons. The van der Waals surface area contributed by atoms with Crippen molar-refractivity contribution in [3.8, 4) is 0 Å². The largest absolute Gasteiger partial charge is 0.416 e. The maximum absolute atomic E-state index is 12.9. The number of nitrogens with two attached hydrogens (primary N) is 1. The van der Waals surface area contributed by atoms with E-state index < -0.39 is 11.7 Å². The second kappa shape index (κ2) is 6.19. The van der Waals surface area contributed by atoms with Crippen molar-refractivity contribution < 1.29 is 13.2 Å². The van der Waals surface area contributed by atoms with Crippen LogP contribution in [0, 0.1) is 0 Å². The molecule has 3 N–H and O–H groups in total. The summed E-state index contributed by atoms with van der Waals surface area (Å²) in [6.07, 6.45) is -2.70. The topological polar surface area (TPSA) is 50.4 Å². The first-order chi connectivity index (χ1) is 11.4. The highest BCUT2D eigenvalue weighted by Gasteiger charge is 2.45. The van der Waals surface area contributed by atoms with Crippen LogP contribution >= 0.6 is 0 Å².